The highest BCUT2D eigenvalue weighted by atomic mass is 16.3. The number of benzene rings is 2. The van der Waals surface area contributed by atoms with Crippen LogP contribution in [0.2, 0.25) is 0 Å². The summed E-state index contributed by atoms with van der Waals surface area (Å²) in [6.07, 6.45) is 0. The van der Waals surface area contributed by atoms with Crippen molar-refractivity contribution in [3.05, 3.63) is 57.6 Å². The van der Waals surface area contributed by atoms with E-state index in [1.807, 2.05) is 6.92 Å². The molecule has 2 aromatic carbocycles. The third-order valence-corrected chi connectivity index (χ3v) is 5.84. The van der Waals surface area contributed by atoms with Crippen molar-refractivity contribution in [2.24, 2.45) is 0 Å². The summed E-state index contributed by atoms with van der Waals surface area (Å²) in [6.45, 7) is 29.9. The molecule has 0 unspecified atom stereocenters. The molecule has 2 N–H and O–H groups in total. The second-order valence-electron chi connectivity index (χ2n) is 13.4. The van der Waals surface area contributed by atoms with Crippen LogP contribution in [0, 0.1) is 13.8 Å². The fraction of sp³-hybridized carbons (Fsp3) is 0.600. The predicted octanol–water partition coefficient (Wildman–Crippen LogP) is 8.59. The monoisotopic (exact) mass is 440 g/mol. The molecule has 2 rings (SSSR count). The van der Waals surface area contributed by atoms with Crippen LogP contribution < -0.4 is 0 Å². The van der Waals surface area contributed by atoms with Crippen LogP contribution in [0.3, 0.4) is 0 Å². The van der Waals surface area contributed by atoms with Gasteiger partial charge in [-0.25, -0.2) is 0 Å². The van der Waals surface area contributed by atoms with Crippen LogP contribution >= 0.6 is 0 Å². The van der Waals surface area contributed by atoms with E-state index in [1.54, 1.807) is 0 Å². The van der Waals surface area contributed by atoms with Crippen LogP contribution in [0.15, 0.2) is 24.3 Å². The SMILES string of the molecule is Cc1cc(C(C)(C)C)c(O)c(C(C)(C)C)c1.Cc1cc(C(C)(C)C)cc(C(C)(C)C)c1O. The fourth-order valence-electron chi connectivity index (χ4n) is 3.71. The molecule has 0 radical (unpaired) electrons. The van der Waals surface area contributed by atoms with Gasteiger partial charge in [0.15, 0.2) is 0 Å². The topological polar surface area (TPSA) is 40.5 Å². The van der Waals surface area contributed by atoms with Gasteiger partial charge in [0.05, 0.1) is 0 Å². The number of aryl methyl sites for hydroxylation is 2. The molecule has 0 bridgehead atoms. The van der Waals surface area contributed by atoms with Gasteiger partial charge in [0, 0.05) is 0 Å². The lowest BCUT2D eigenvalue weighted by atomic mass is 9.78. The highest BCUT2D eigenvalue weighted by Gasteiger charge is 2.26. The summed E-state index contributed by atoms with van der Waals surface area (Å²) >= 11 is 0. The van der Waals surface area contributed by atoms with Gasteiger partial charge in [-0.2, -0.15) is 0 Å². The van der Waals surface area contributed by atoms with Gasteiger partial charge in [-0.05, 0) is 63.3 Å². The Bertz CT molecular complexity index is 885. The molecular weight excluding hydrogens is 392 g/mol. The first-order chi connectivity index (χ1) is 14.1. The van der Waals surface area contributed by atoms with Gasteiger partial charge >= 0.3 is 0 Å². The van der Waals surface area contributed by atoms with E-state index >= 15 is 0 Å². The van der Waals surface area contributed by atoms with Crippen molar-refractivity contribution in [3.63, 3.8) is 0 Å². The highest BCUT2D eigenvalue weighted by Crippen LogP contribution is 2.40. The first-order valence-electron chi connectivity index (χ1n) is 11.8. The van der Waals surface area contributed by atoms with E-state index < -0.39 is 0 Å². The number of aromatic hydroxyl groups is 2. The number of phenolic OH excluding ortho intramolecular Hbond substituents is 2. The molecule has 0 saturated carbocycles. The van der Waals surface area contributed by atoms with E-state index in [-0.39, 0.29) is 21.7 Å². The molecule has 32 heavy (non-hydrogen) atoms. The second-order valence-corrected chi connectivity index (χ2v) is 13.4. The summed E-state index contributed by atoms with van der Waals surface area (Å²) in [5.74, 6) is 0.908. The maximum absolute atomic E-state index is 10.4. The van der Waals surface area contributed by atoms with Crippen LogP contribution in [0.5, 0.6) is 11.5 Å². The molecule has 0 heterocycles. The van der Waals surface area contributed by atoms with E-state index in [2.05, 4.69) is 114 Å². The minimum absolute atomic E-state index is 0.0178. The lowest BCUT2D eigenvalue weighted by Gasteiger charge is -2.27. The maximum atomic E-state index is 10.4. The average molecular weight is 441 g/mol. The summed E-state index contributed by atoms with van der Waals surface area (Å²) in [4.78, 5) is 0. The third kappa shape index (κ3) is 7.02. The molecule has 0 aromatic heterocycles. The highest BCUT2D eigenvalue weighted by molar-refractivity contribution is 5.50. The molecule has 0 aliphatic rings. The second kappa shape index (κ2) is 9.12. The zero-order valence-corrected chi connectivity index (χ0v) is 23.2. The van der Waals surface area contributed by atoms with E-state index in [0.29, 0.717) is 11.5 Å². The minimum atomic E-state index is -0.0178. The van der Waals surface area contributed by atoms with Crippen molar-refractivity contribution in [1.29, 1.82) is 0 Å². The fourth-order valence-corrected chi connectivity index (χ4v) is 3.71. The first-order valence-corrected chi connectivity index (χ1v) is 11.8. The van der Waals surface area contributed by atoms with E-state index in [1.165, 1.54) is 11.1 Å². The van der Waals surface area contributed by atoms with Crippen molar-refractivity contribution >= 4 is 0 Å². The van der Waals surface area contributed by atoms with Gasteiger partial charge in [-0.3, -0.25) is 0 Å². The smallest absolute Gasteiger partial charge is 0.123 e. The maximum Gasteiger partial charge on any atom is 0.123 e. The summed E-state index contributed by atoms with van der Waals surface area (Å²) < 4.78 is 0. The van der Waals surface area contributed by atoms with Gasteiger partial charge in [-0.1, -0.05) is 113 Å². The lowest BCUT2D eigenvalue weighted by Crippen LogP contribution is -2.17. The number of hydrogen-bond donors (Lipinski definition) is 2. The minimum Gasteiger partial charge on any atom is -0.507 e. The van der Waals surface area contributed by atoms with Gasteiger partial charge in [-0.15, -0.1) is 0 Å². The number of phenols is 2. The summed E-state index contributed by atoms with van der Waals surface area (Å²) in [5, 5.41) is 20.5. The van der Waals surface area contributed by atoms with Gasteiger partial charge in [0.2, 0.25) is 0 Å². The molecule has 0 spiro atoms. The van der Waals surface area contributed by atoms with Gasteiger partial charge in [0.25, 0.3) is 0 Å². The lowest BCUT2D eigenvalue weighted by molar-refractivity contribution is 0.423. The number of rotatable bonds is 0. The third-order valence-electron chi connectivity index (χ3n) is 5.84. The van der Waals surface area contributed by atoms with Crippen molar-refractivity contribution < 1.29 is 10.2 Å². The van der Waals surface area contributed by atoms with Crippen molar-refractivity contribution in [3.8, 4) is 11.5 Å². The van der Waals surface area contributed by atoms with Crippen LogP contribution in [0.1, 0.15) is 116 Å². The van der Waals surface area contributed by atoms with E-state index in [4.69, 9.17) is 0 Å². The molecule has 0 atom stereocenters. The summed E-state index contributed by atoms with van der Waals surface area (Å²) in [6, 6.07) is 8.40. The van der Waals surface area contributed by atoms with Crippen molar-refractivity contribution in [2.75, 3.05) is 0 Å². The molecule has 2 nitrogen and oxygen atoms in total. The Kier molecular flexibility index (Phi) is 8.00. The van der Waals surface area contributed by atoms with Gasteiger partial charge < -0.3 is 10.2 Å². The molecule has 0 aliphatic carbocycles. The quantitative estimate of drug-likeness (QED) is 0.430. The molecule has 0 saturated heterocycles. The summed E-state index contributed by atoms with van der Waals surface area (Å²) in [5.41, 5.74) is 6.66. The molecule has 0 fully saturated rings. The number of hydrogen-bond acceptors (Lipinski definition) is 2. The van der Waals surface area contributed by atoms with Crippen LogP contribution in [-0.2, 0) is 21.7 Å². The molecule has 0 amide bonds. The molecule has 180 valence electrons. The van der Waals surface area contributed by atoms with Crippen molar-refractivity contribution in [1.82, 2.24) is 0 Å². The summed E-state index contributed by atoms with van der Waals surface area (Å²) in [7, 11) is 0. The van der Waals surface area contributed by atoms with Crippen LogP contribution in [0.25, 0.3) is 0 Å². The Labute approximate surface area is 198 Å². The van der Waals surface area contributed by atoms with Crippen LogP contribution in [0.4, 0.5) is 0 Å². The Hall–Kier alpha value is -1.96. The average Bonchev–Trinajstić information content (AvgIpc) is 2.55. The molecule has 2 heteroatoms. The molecule has 2 aromatic rings. The Balaban J connectivity index is 0.000000320. The molecular formula is C30H48O2. The Morgan fingerprint density at radius 2 is 0.812 bits per heavy atom. The predicted molar refractivity (Wildman–Crippen MR) is 140 cm³/mol. The normalized spacial score (nSPS) is 12.9. The zero-order valence-electron chi connectivity index (χ0n) is 23.2. The van der Waals surface area contributed by atoms with Gasteiger partial charge in [0.1, 0.15) is 11.5 Å². The van der Waals surface area contributed by atoms with Crippen LogP contribution in [-0.4, -0.2) is 10.2 Å². The van der Waals surface area contributed by atoms with E-state index in [9.17, 15) is 10.2 Å². The standard InChI is InChI=1S/2C15H24O/c1-10-8-11(14(2,3)4)9-12(13(10)16)15(5,6)7;1-10-8-11(14(2,3)4)13(16)12(9-10)15(5,6)7/h2*8-9,16H,1-7H3. The molecule has 0 aliphatic heterocycles. The largest absolute Gasteiger partial charge is 0.507 e. The Morgan fingerprint density at radius 1 is 0.469 bits per heavy atom. The van der Waals surface area contributed by atoms with Crippen molar-refractivity contribution in [2.45, 2.75) is 119 Å². The zero-order chi connectivity index (χ0) is 25.4. The van der Waals surface area contributed by atoms with E-state index in [0.717, 1.165) is 22.3 Å². The first kappa shape index (κ1) is 28.1. The Morgan fingerprint density at radius 3 is 1.12 bits per heavy atom.